The van der Waals surface area contributed by atoms with Crippen molar-refractivity contribution in [2.75, 3.05) is 45.5 Å². The predicted octanol–water partition coefficient (Wildman–Crippen LogP) is 0.732. The largest absolute Gasteiger partial charge is 0.312 e. The van der Waals surface area contributed by atoms with Gasteiger partial charge in [-0.2, -0.15) is 4.31 Å². The minimum Gasteiger partial charge on any atom is -0.312 e. The molecule has 2 rings (SSSR count). The molecule has 1 saturated heterocycles. The first kappa shape index (κ1) is 16.2. The highest BCUT2D eigenvalue weighted by Gasteiger charge is 2.24. The van der Waals surface area contributed by atoms with Crippen molar-refractivity contribution in [3.8, 4) is 0 Å². The number of piperazine rings is 1. The van der Waals surface area contributed by atoms with Crippen LogP contribution in [0.3, 0.4) is 0 Å². The topological polar surface area (TPSA) is 52.6 Å². The maximum Gasteiger partial charge on any atom is 0.211 e. The Balaban J connectivity index is 1.64. The molecule has 0 spiro atoms. The summed E-state index contributed by atoms with van der Waals surface area (Å²) in [5.74, 6) is 0.797. The molecule has 6 heteroatoms. The van der Waals surface area contributed by atoms with Crippen molar-refractivity contribution in [3.63, 3.8) is 0 Å². The second-order valence-electron chi connectivity index (χ2n) is 6.33. The van der Waals surface area contributed by atoms with Crippen LogP contribution >= 0.6 is 0 Å². The van der Waals surface area contributed by atoms with Gasteiger partial charge in [0.25, 0.3) is 0 Å². The summed E-state index contributed by atoms with van der Waals surface area (Å²) >= 11 is 0. The Hall–Kier alpha value is -0.170. The van der Waals surface area contributed by atoms with Crippen LogP contribution in [0.4, 0.5) is 0 Å². The summed E-state index contributed by atoms with van der Waals surface area (Å²) < 4.78 is 24.5. The Labute approximate surface area is 123 Å². The smallest absolute Gasteiger partial charge is 0.211 e. The minimum atomic E-state index is -3.00. The zero-order valence-corrected chi connectivity index (χ0v) is 13.7. The maximum absolute atomic E-state index is 11.4. The van der Waals surface area contributed by atoms with Crippen LogP contribution in [0.2, 0.25) is 0 Å². The molecule has 1 aliphatic carbocycles. The van der Waals surface area contributed by atoms with Crippen LogP contribution < -0.4 is 5.32 Å². The number of nitrogens with zero attached hydrogens (tertiary/aromatic N) is 2. The number of hydrogen-bond acceptors (Lipinski definition) is 4. The second kappa shape index (κ2) is 7.20. The summed E-state index contributed by atoms with van der Waals surface area (Å²) in [5, 5.41) is 3.69. The maximum atomic E-state index is 11.4. The molecule has 2 atom stereocenters. The van der Waals surface area contributed by atoms with E-state index >= 15 is 0 Å². The molecule has 0 aromatic heterocycles. The fourth-order valence-electron chi connectivity index (χ4n) is 3.31. The molecular weight excluding hydrogens is 274 g/mol. The highest BCUT2D eigenvalue weighted by molar-refractivity contribution is 7.88. The number of nitrogens with one attached hydrogen (secondary N) is 1. The molecule has 0 amide bonds. The lowest BCUT2D eigenvalue weighted by Gasteiger charge is -2.34. The lowest BCUT2D eigenvalue weighted by Crippen LogP contribution is -2.50. The van der Waals surface area contributed by atoms with Crippen LogP contribution in [0, 0.1) is 5.92 Å². The summed E-state index contributed by atoms with van der Waals surface area (Å²) in [7, 11) is -3.00. The average molecular weight is 303 g/mol. The number of sulfonamides is 1. The third kappa shape index (κ3) is 4.69. The average Bonchev–Trinajstić information content (AvgIpc) is 2.40. The highest BCUT2D eigenvalue weighted by Crippen LogP contribution is 2.23. The molecule has 2 aliphatic rings. The van der Waals surface area contributed by atoms with Crippen molar-refractivity contribution in [2.45, 2.75) is 38.6 Å². The van der Waals surface area contributed by atoms with Gasteiger partial charge in [0.1, 0.15) is 0 Å². The third-order valence-corrected chi connectivity index (χ3v) is 6.05. The molecule has 118 valence electrons. The van der Waals surface area contributed by atoms with E-state index in [9.17, 15) is 8.42 Å². The Morgan fingerprint density at radius 3 is 2.35 bits per heavy atom. The molecule has 0 bridgehead atoms. The fraction of sp³-hybridized carbons (Fsp3) is 1.00. The quantitative estimate of drug-likeness (QED) is 0.814. The SMILES string of the molecule is CC1CCCCC1NCCN1CCN(S(C)(=O)=O)CC1. The summed E-state index contributed by atoms with van der Waals surface area (Å²) in [6.07, 6.45) is 6.70. The molecule has 2 fully saturated rings. The van der Waals surface area contributed by atoms with Crippen LogP contribution in [0.1, 0.15) is 32.6 Å². The lowest BCUT2D eigenvalue weighted by atomic mass is 9.86. The molecule has 1 saturated carbocycles. The Kier molecular flexibility index (Phi) is 5.84. The zero-order valence-electron chi connectivity index (χ0n) is 12.8. The van der Waals surface area contributed by atoms with Crippen molar-refractivity contribution in [1.29, 1.82) is 0 Å². The molecule has 0 radical (unpaired) electrons. The molecule has 2 unspecified atom stereocenters. The summed E-state index contributed by atoms with van der Waals surface area (Å²) in [5.41, 5.74) is 0. The summed E-state index contributed by atoms with van der Waals surface area (Å²) in [4.78, 5) is 2.36. The van der Waals surface area contributed by atoms with Crippen molar-refractivity contribution < 1.29 is 8.42 Å². The van der Waals surface area contributed by atoms with Crippen LogP contribution in [0.15, 0.2) is 0 Å². The van der Waals surface area contributed by atoms with Gasteiger partial charge in [-0.25, -0.2) is 8.42 Å². The van der Waals surface area contributed by atoms with E-state index in [1.807, 2.05) is 0 Å². The van der Waals surface area contributed by atoms with E-state index in [1.54, 1.807) is 4.31 Å². The number of rotatable bonds is 5. The molecule has 5 nitrogen and oxygen atoms in total. The van der Waals surface area contributed by atoms with Crippen molar-refractivity contribution in [1.82, 2.24) is 14.5 Å². The standard InChI is InChI=1S/C14H29N3O2S/c1-13-5-3-4-6-14(13)15-7-8-16-9-11-17(12-10-16)20(2,18)19/h13-15H,3-12H2,1-2H3. The van der Waals surface area contributed by atoms with Crippen molar-refractivity contribution in [3.05, 3.63) is 0 Å². The second-order valence-corrected chi connectivity index (χ2v) is 8.31. The first-order valence-electron chi connectivity index (χ1n) is 7.87. The van der Waals surface area contributed by atoms with E-state index in [4.69, 9.17) is 0 Å². The first-order valence-corrected chi connectivity index (χ1v) is 9.72. The van der Waals surface area contributed by atoms with Gasteiger partial charge in [-0.15, -0.1) is 0 Å². The molecule has 1 N–H and O–H groups in total. The lowest BCUT2D eigenvalue weighted by molar-refractivity contribution is 0.182. The monoisotopic (exact) mass is 303 g/mol. The van der Waals surface area contributed by atoms with Gasteiger partial charge in [0.05, 0.1) is 6.26 Å². The minimum absolute atomic E-state index is 0.638. The summed E-state index contributed by atoms with van der Waals surface area (Å²) in [6.45, 7) is 7.39. The van der Waals surface area contributed by atoms with Crippen molar-refractivity contribution >= 4 is 10.0 Å². The molecule has 0 aromatic rings. The Morgan fingerprint density at radius 2 is 1.75 bits per heavy atom. The third-order valence-electron chi connectivity index (χ3n) is 4.75. The van der Waals surface area contributed by atoms with E-state index < -0.39 is 10.0 Å². The van der Waals surface area contributed by atoms with Crippen LogP contribution in [0.25, 0.3) is 0 Å². The zero-order chi connectivity index (χ0) is 14.6. The van der Waals surface area contributed by atoms with Gasteiger partial charge in [0, 0.05) is 45.3 Å². The van der Waals surface area contributed by atoms with E-state index in [0.717, 1.165) is 32.1 Å². The van der Waals surface area contributed by atoms with Crippen molar-refractivity contribution in [2.24, 2.45) is 5.92 Å². The predicted molar refractivity (Wildman–Crippen MR) is 82.3 cm³/mol. The van der Waals surface area contributed by atoms with Crippen LogP contribution in [0.5, 0.6) is 0 Å². The molecular formula is C14H29N3O2S. The van der Waals surface area contributed by atoms with Gasteiger partial charge in [0.2, 0.25) is 10.0 Å². The summed E-state index contributed by atoms with van der Waals surface area (Å²) in [6, 6.07) is 0.682. The van der Waals surface area contributed by atoms with E-state index in [1.165, 1.54) is 31.9 Å². The van der Waals surface area contributed by atoms with Gasteiger partial charge in [0.15, 0.2) is 0 Å². The van der Waals surface area contributed by atoms with Crippen LogP contribution in [-0.2, 0) is 10.0 Å². The number of hydrogen-bond donors (Lipinski definition) is 1. The van der Waals surface area contributed by atoms with Gasteiger partial charge in [-0.05, 0) is 18.8 Å². The van der Waals surface area contributed by atoms with E-state index in [0.29, 0.717) is 19.1 Å². The first-order chi connectivity index (χ1) is 9.47. The Bertz CT molecular complexity index is 391. The van der Waals surface area contributed by atoms with Crippen LogP contribution in [-0.4, -0.2) is 69.2 Å². The Morgan fingerprint density at radius 1 is 1.10 bits per heavy atom. The van der Waals surface area contributed by atoms with E-state index in [-0.39, 0.29) is 0 Å². The van der Waals surface area contributed by atoms with Gasteiger partial charge >= 0.3 is 0 Å². The highest BCUT2D eigenvalue weighted by atomic mass is 32.2. The van der Waals surface area contributed by atoms with E-state index in [2.05, 4.69) is 17.1 Å². The molecule has 1 heterocycles. The molecule has 20 heavy (non-hydrogen) atoms. The fourth-order valence-corrected chi connectivity index (χ4v) is 4.14. The normalized spacial score (nSPS) is 30.5. The molecule has 0 aromatic carbocycles. The van der Waals surface area contributed by atoms with Gasteiger partial charge in [-0.3, -0.25) is 4.90 Å². The van der Waals surface area contributed by atoms with Gasteiger partial charge in [-0.1, -0.05) is 19.8 Å². The molecule has 1 aliphatic heterocycles. The van der Waals surface area contributed by atoms with Gasteiger partial charge < -0.3 is 5.32 Å².